The van der Waals surface area contributed by atoms with Crippen molar-refractivity contribution in [3.63, 3.8) is 0 Å². The van der Waals surface area contributed by atoms with Gasteiger partial charge in [0.05, 0.1) is 16.5 Å². The molecule has 0 radical (unpaired) electrons. The second-order valence-electron chi connectivity index (χ2n) is 7.90. The molecule has 3 rings (SSSR count). The van der Waals surface area contributed by atoms with Gasteiger partial charge in [-0.1, -0.05) is 23.8 Å². The van der Waals surface area contributed by atoms with Crippen LogP contribution in [0.1, 0.15) is 39.9 Å². The van der Waals surface area contributed by atoms with Crippen LogP contribution in [0.5, 0.6) is 0 Å². The lowest BCUT2D eigenvalue weighted by molar-refractivity contribution is -0.384. The minimum absolute atomic E-state index is 0.0578. The highest BCUT2D eigenvalue weighted by atomic mass is 16.6. The first-order valence-corrected chi connectivity index (χ1v) is 10.3. The first kappa shape index (κ1) is 22.4. The van der Waals surface area contributed by atoms with E-state index in [0.717, 1.165) is 41.8 Å². The van der Waals surface area contributed by atoms with Crippen LogP contribution in [0.2, 0.25) is 0 Å². The van der Waals surface area contributed by atoms with Crippen LogP contribution in [0, 0.1) is 30.9 Å². The maximum atomic E-state index is 12.9. The number of nitro benzene ring substituents is 1. The van der Waals surface area contributed by atoms with Gasteiger partial charge in [-0.25, -0.2) is 4.79 Å². The van der Waals surface area contributed by atoms with Crippen molar-refractivity contribution in [1.82, 2.24) is 4.90 Å². The molecule has 1 saturated heterocycles. The van der Waals surface area contributed by atoms with E-state index in [1.165, 1.54) is 24.3 Å². The molecule has 2 aromatic rings. The standard InChI is InChI=1S/C23H27N3O5/c1-15-12-16(2)21(17(3)13-15)24-22(27)20-8-5-9-25(20)10-11-31-23(28)18-6-4-7-19(14-18)26(29)30/h4,6-7,12-14,20H,5,8-11H2,1-3H3,(H,24,27)/t20-/m0/s1. The van der Waals surface area contributed by atoms with Crippen LogP contribution in [0.25, 0.3) is 0 Å². The van der Waals surface area contributed by atoms with E-state index in [1.807, 2.05) is 37.8 Å². The van der Waals surface area contributed by atoms with Crippen molar-refractivity contribution in [3.05, 3.63) is 68.8 Å². The summed E-state index contributed by atoms with van der Waals surface area (Å²) in [6, 6.07) is 9.25. The number of nitro groups is 1. The second-order valence-corrected chi connectivity index (χ2v) is 7.90. The Kier molecular flexibility index (Phi) is 7.02. The average molecular weight is 425 g/mol. The number of rotatable bonds is 7. The molecule has 1 aliphatic rings. The average Bonchev–Trinajstić information content (AvgIpc) is 3.19. The SMILES string of the molecule is Cc1cc(C)c(NC(=O)[C@@H]2CCCN2CCOC(=O)c2cccc([N+](=O)[O-])c2)c(C)c1. The van der Waals surface area contributed by atoms with Gasteiger partial charge in [0.2, 0.25) is 5.91 Å². The number of amides is 1. The molecule has 1 N–H and O–H groups in total. The highest BCUT2D eigenvalue weighted by Gasteiger charge is 2.31. The van der Waals surface area contributed by atoms with E-state index in [9.17, 15) is 19.7 Å². The maximum absolute atomic E-state index is 12.9. The number of hydrogen-bond acceptors (Lipinski definition) is 6. The predicted octanol–water partition coefficient (Wildman–Crippen LogP) is 3.78. The summed E-state index contributed by atoms with van der Waals surface area (Å²) in [6.45, 7) is 7.26. The zero-order valence-electron chi connectivity index (χ0n) is 18.0. The van der Waals surface area contributed by atoms with E-state index < -0.39 is 10.9 Å². The summed E-state index contributed by atoms with van der Waals surface area (Å²) >= 11 is 0. The molecule has 1 atom stereocenters. The van der Waals surface area contributed by atoms with E-state index in [-0.39, 0.29) is 29.8 Å². The molecule has 0 saturated carbocycles. The molecule has 8 nitrogen and oxygen atoms in total. The van der Waals surface area contributed by atoms with Crippen molar-refractivity contribution in [2.45, 2.75) is 39.7 Å². The molecule has 2 aromatic carbocycles. The summed E-state index contributed by atoms with van der Waals surface area (Å²) in [5.41, 5.74) is 4.03. The molecule has 0 unspecified atom stereocenters. The topological polar surface area (TPSA) is 102 Å². The van der Waals surface area contributed by atoms with Gasteiger partial charge in [-0.2, -0.15) is 0 Å². The lowest BCUT2D eigenvalue weighted by Gasteiger charge is -2.24. The minimum Gasteiger partial charge on any atom is -0.461 e. The fraction of sp³-hybridized carbons (Fsp3) is 0.391. The Labute approximate surface area is 181 Å². The fourth-order valence-electron chi connectivity index (χ4n) is 4.06. The van der Waals surface area contributed by atoms with Crippen LogP contribution in [-0.4, -0.2) is 47.4 Å². The van der Waals surface area contributed by atoms with Gasteiger partial charge in [0.15, 0.2) is 0 Å². The summed E-state index contributed by atoms with van der Waals surface area (Å²) in [7, 11) is 0. The monoisotopic (exact) mass is 425 g/mol. The normalized spacial score (nSPS) is 16.2. The molecule has 0 bridgehead atoms. The largest absolute Gasteiger partial charge is 0.461 e. The van der Waals surface area contributed by atoms with Gasteiger partial charge in [-0.3, -0.25) is 19.8 Å². The highest BCUT2D eigenvalue weighted by Crippen LogP contribution is 2.24. The number of benzene rings is 2. The molecule has 0 spiro atoms. The number of carbonyl (C=O) groups is 2. The number of non-ortho nitro benzene ring substituents is 1. The van der Waals surface area contributed by atoms with Crippen molar-refractivity contribution >= 4 is 23.3 Å². The van der Waals surface area contributed by atoms with Crippen LogP contribution in [-0.2, 0) is 9.53 Å². The van der Waals surface area contributed by atoms with Gasteiger partial charge in [-0.05, 0) is 57.4 Å². The Morgan fingerprint density at radius 3 is 2.58 bits per heavy atom. The third kappa shape index (κ3) is 5.46. The number of ether oxygens (including phenoxy) is 1. The van der Waals surface area contributed by atoms with Crippen LogP contribution < -0.4 is 5.32 Å². The van der Waals surface area contributed by atoms with Crippen molar-refractivity contribution in [2.24, 2.45) is 0 Å². The third-order valence-corrected chi connectivity index (χ3v) is 5.50. The summed E-state index contributed by atoms with van der Waals surface area (Å²) in [5, 5.41) is 13.9. The predicted molar refractivity (Wildman–Crippen MR) is 117 cm³/mol. The molecule has 1 amide bonds. The van der Waals surface area contributed by atoms with Gasteiger partial charge in [-0.15, -0.1) is 0 Å². The Balaban J connectivity index is 1.56. The number of likely N-dealkylation sites (tertiary alicyclic amines) is 1. The molecule has 8 heteroatoms. The number of hydrogen-bond donors (Lipinski definition) is 1. The Bertz CT molecular complexity index is 981. The van der Waals surface area contributed by atoms with Crippen molar-refractivity contribution in [3.8, 4) is 0 Å². The highest BCUT2D eigenvalue weighted by molar-refractivity contribution is 5.96. The van der Waals surface area contributed by atoms with Crippen molar-refractivity contribution in [2.75, 3.05) is 25.0 Å². The number of nitrogens with one attached hydrogen (secondary N) is 1. The molecule has 0 aliphatic carbocycles. The number of carbonyl (C=O) groups excluding carboxylic acids is 2. The van der Waals surface area contributed by atoms with Crippen molar-refractivity contribution < 1.29 is 19.2 Å². The minimum atomic E-state index is -0.616. The Hall–Kier alpha value is -3.26. The first-order chi connectivity index (χ1) is 14.8. The van der Waals surface area contributed by atoms with Crippen LogP contribution in [0.4, 0.5) is 11.4 Å². The summed E-state index contributed by atoms with van der Waals surface area (Å²) < 4.78 is 5.29. The Morgan fingerprint density at radius 1 is 1.19 bits per heavy atom. The number of aryl methyl sites for hydroxylation is 3. The quantitative estimate of drug-likeness (QED) is 0.411. The molecule has 1 fully saturated rings. The third-order valence-electron chi connectivity index (χ3n) is 5.50. The van der Waals surface area contributed by atoms with Crippen molar-refractivity contribution in [1.29, 1.82) is 0 Å². The summed E-state index contributed by atoms with van der Waals surface area (Å²) in [6.07, 6.45) is 1.64. The summed E-state index contributed by atoms with van der Waals surface area (Å²) in [5.74, 6) is -0.674. The van der Waals surface area contributed by atoms with Gasteiger partial charge < -0.3 is 10.1 Å². The molecule has 1 heterocycles. The summed E-state index contributed by atoms with van der Waals surface area (Å²) in [4.78, 5) is 37.4. The van der Waals surface area contributed by atoms with Crippen LogP contribution in [0.15, 0.2) is 36.4 Å². The number of esters is 1. The molecule has 1 aliphatic heterocycles. The van der Waals surface area contributed by atoms with E-state index in [1.54, 1.807) is 0 Å². The zero-order valence-corrected chi connectivity index (χ0v) is 18.0. The van der Waals surface area contributed by atoms with Crippen LogP contribution in [0.3, 0.4) is 0 Å². The fourth-order valence-corrected chi connectivity index (χ4v) is 4.06. The lowest BCUT2D eigenvalue weighted by atomic mass is 10.0. The van der Waals surface area contributed by atoms with E-state index in [4.69, 9.17) is 4.74 Å². The lowest BCUT2D eigenvalue weighted by Crippen LogP contribution is -2.41. The van der Waals surface area contributed by atoms with Gasteiger partial charge in [0, 0.05) is 24.4 Å². The molecular weight excluding hydrogens is 398 g/mol. The van der Waals surface area contributed by atoms with Crippen LogP contribution >= 0.6 is 0 Å². The zero-order chi connectivity index (χ0) is 22.5. The van der Waals surface area contributed by atoms with Gasteiger partial charge in [0.25, 0.3) is 5.69 Å². The number of anilines is 1. The second kappa shape index (κ2) is 9.70. The van der Waals surface area contributed by atoms with E-state index >= 15 is 0 Å². The van der Waals surface area contributed by atoms with Gasteiger partial charge >= 0.3 is 5.97 Å². The molecule has 31 heavy (non-hydrogen) atoms. The maximum Gasteiger partial charge on any atom is 0.338 e. The van der Waals surface area contributed by atoms with E-state index in [2.05, 4.69) is 5.32 Å². The molecular formula is C23H27N3O5. The first-order valence-electron chi connectivity index (χ1n) is 10.3. The molecule has 164 valence electrons. The van der Waals surface area contributed by atoms with Gasteiger partial charge in [0.1, 0.15) is 6.61 Å². The molecule has 0 aromatic heterocycles. The smallest absolute Gasteiger partial charge is 0.338 e. The Morgan fingerprint density at radius 2 is 1.90 bits per heavy atom. The number of nitrogens with zero attached hydrogens (tertiary/aromatic N) is 2. The van der Waals surface area contributed by atoms with E-state index in [0.29, 0.717) is 6.54 Å².